The Bertz CT molecular complexity index is 736. The van der Waals surface area contributed by atoms with Crippen LogP contribution in [0.2, 0.25) is 5.02 Å². The lowest BCUT2D eigenvalue weighted by Crippen LogP contribution is -2.37. The fourth-order valence-electron chi connectivity index (χ4n) is 2.80. The van der Waals surface area contributed by atoms with Crippen LogP contribution in [0.5, 0.6) is 0 Å². The summed E-state index contributed by atoms with van der Waals surface area (Å²) in [5.41, 5.74) is 1.46. The van der Waals surface area contributed by atoms with E-state index in [9.17, 15) is 9.59 Å². The topological polar surface area (TPSA) is 62.3 Å². The molecule has 1 fully saturated rings. The molecule has 0 radical (unpaired) electrons. The summed E-state index contributed by atoms with van der Waals surface area (Å²) in [6.07, 6.45) is 2.65. The van der Waals surface area contributed by atoms with E-state index in [1.807, 2.05) is 24.3 Å². The zero-order valence-corrected chi connectivity index (χ0v) is 13.9. The number of benzene rings is 1. The van der Waals surface area contributed by atoms with Crippen LogP contribution in [0.25, 0.3) is 0 Å². The third kappa shape index (κ3) is 4.11. The van der Waals surface area contributed by atoms with E-state index in [0.717, 1.165) is 12.0 Å². The van der Waals surface area contributed by atoms with Gasteiger partial charge in [0, 0.05) is 30.7 Å². The van der Waals surface area contributed by atoms with Crippen molar-refractivity contribution in [3.8, 4) is 0 Å². The first-order valence-corrected chi connectivity index (χ1v) is 8.24. The molecule has 1 atom stereocenters. The smallest absolute Gasteiger partial charge is 0.270 e. The first-order valence-electron chi connectivity index (χ1n) is 7.86. The Labute approximate surface area is 145 Å². The molecule has 2 amide bonds. The van der Waals surface area contributed by atoms with Crippen LogP contribution >= 0.6 is 11.6 Å². The van der Waals surface area contributed by atoms with Gasteiger partial charge in [0.2, 0.25) is 5.91 Å². The molecular weight excluding hydrogens is 326 g/mol. The number of amides is 2. The van der Waals surface area contributed by atoms with Crippen LogP contribution in [0.1, 0.15) is 22.5 Å². The van der Waals surface area contributed by atoms with Crippen molar-refractivity contribution in [1.82, 2.24) is 15.2 Å². The predicted octanol–water partition coefficient (Wildman–Crippen LogP) is 2.31. The second-order valence-corrected chi connectivity index (χ2v) is 6.25. The van der Waals surface area contributed by atoms with Gasteiger partial charge in [-0.05, 0) is 36.2 Å². The second kappa shape index (κ2) is 7.45. The summed E-state index contributed by atoms with van der Waals surface area (Å²) in [4.78, 5) is 30.0. The van der Waals surface area contributed by atoms with Crippen LogP contribution in [-0.4, -0.2) is 40.8 Å². The standard InChI is InChI=1S/C18H18ClN3O2/c19-14-5-3-4-13(10-14)7-9-22-12-15(11-17(22)23)21-18(24)16-6-1-2-8-20-16/h1-6,8,10,15H,7,9,11-12H2,(H,21,24)/t15-/m1/s1. The van der Waals surface area contributed by atoms with Crippen molar-refractivity contribution >= 4 is 23.4 Å². The Morgan fingerprint density at radius 2 is 2.17 bits per heavy atom. The largest absolute Gasteiger partial charge is 0.346 e. The van der Waals surface area contributed by atoms with Crippen LogP contribution in [0.15, 0.2) is 48.7 Å². The van der Waals surface area contributed by atoms with Crippen LogP contribution in [0, 0.1) is 0 Å². The maximum Gasteiger partial charge on any atom is 0.270 e. The molecule has 124 valence electrons. The van der Waals surface area contributed by atoms with E-state index in [4.69, 9.17) is 11.6 Å². The maximum atomic E-state index is 12.1. The SMILES string of the molecule is O=C(N[C@@H]1CC(=O)N(CCc2cccc(Cl)c2)C1)c1ccccn1. The summed E-state index contributed by atoms with van der Waals surface area (Å²) >= 11 is 5.97. The fourth-order valence-corrected chi connectivity index (χ4v) is 3.01. The van der Waals surface area contributed by atoms with Crippen molar-refractivity contribution in [3.63, 3.8) is 0 Å². The molecule has 2 heterocycles. The zero-order chi connectivity index (χ0) is 16.9. The number of carbonyl (C=O) groups excluding carboxylic acids is 2. The first-order chi connectivity index (χ1) is 11.6. The molecule has 1 aromatic carbocycles. The summed E-state index contributed by atoms with van der Waals surface area (Å²) in [5, 5.41) is 3.57. The van der Waals surface area contributed by atoms with Crippen molar-refractivity contribution in [2.75, 3.05) is 13.1 Å². The van der Waals surface area contributed by atoms with Gasteiger partial charge < -0.3 is 10.2 Å². The molecular formula is C18H18ClN3O2. The number of rotatable bonds is 5. The molecule has 0 unspecified atom stereocenters. The van der Waals surface area contributed by atoms with E-state index in [1.165, 1.54) is 0 Å². The molecule has 2 aromatic rings. The van der Waals surface area contributed by atoms with Crippen molar-refractivity contribution in [2.45, 2.75) is 18.9 Å². The Kier molecular flexibility index (Phi) is 5.11. The minimum atomic E-state index is -0.245. The third-order valence-electron chi connectivity index (χ3n) is 4.01. The van der Waals surface area contributed by atoms with Crippen molar-refractivity contribution in [3.05, 3.63) is 64.9 Å². The van der Waals surface area contributed by atoms with Crippen LogP contribution in [-0.2, 0) is 11.2 Å². The number of nitrogens with zero attached hydrogens (tertiary/aromatic N) is 2. The molecule has 1 aromatic heterocycles. The Balaban J connectivity index is 1.53. The lowest BCUT2D eigenvalue weighted by molar-refractivity contribution is -0.127. The predicted molar refractivity (Wildman–Crippen MR) is 91.8 cm³/mol. The number of nitrogens with one attached hydrogen (secondary N) is 1. The Morgan fingerprint density at radius 3 is 2.92 bits per heavy atom. The Hall–Kier alpha value is -2.40. The molecule has 3 rings (SSSR count). The Morgan fingerprint density at radius 1 is 1.29 bits per heavy atom. The van der Waals surface area contributed by atoms with Gasteiger partial charge in [-0.2, -0.15) is 0 Å². The monoisotopic (exact) mass is 343 g/mol. The number of hydrogen-bond donors (Lipinski definition) is 1. The molecule has 5 nitrogen and oxygen atoms in total. The molecule has 0 aliphatic carbocycles. The highest BCUT2D eigenvalue weighted by molar-refractivity contribution is 6.30. The van der Waals surface area contributed by atoms with Crippen LogP contribution in [0.3, 0.4) is 0 Å². The highest BCUT2D eigenvalue weighted by atomic mass is 35.5. The molecule has 1 N–H and O–H groups in total. The van der Waals surface area contributed by atoms with Crippen molar-refractivity contribution in [1.29, 1.82) is 0 Å². The summed E-state index contributed by atoms with van der Waals surface area (Å²) in [6.45, 7) is 1.15. The quantitative estimate of drug-likeness (QED) is 0.906. The van der Waals surface area contributed by atoms with Crippen molar-refractivity contribution < 1.29 is 9.59 Å². The summed E-state index contributed by atoms with van der Waals surface area (Å²) in [5.74, 6) is -0.187. The number of halogens is 1. The summed E-state index contributed by atoms with van der Waals surface area (Å²) in [7, 11) is 0. The highest BCUT2D eigenvalue weighted by Gasteiger charge is 2.30. The maximum absolute atomic E-state index is 12.1. The second-order valence-electron chi connectivity index (χ2n) is 5.81. The van der Waals surface area contributed by atoms with Gasteiger partial charge >= 0.3 is 0 Å². The molecule has 24 heavy (non-hydrogen) atoms. The van der Waals surface area contributed by atoms with E-state index in [0.29, 0.717) is 30.2 Å². The van der Waals surface area contributed by atoms with E-state index in [-0.39, 0.29) is 17.9 Å². The molecule has 0 saturated carbocycles. The summed E-state index contributed by atoms with van der Waals surface area (Å²) < 4.78 is 0. The van der Waals surface area contributed by atoms with Crippen molar-refractivity contribution in [2.24, 2.45) is 0 Å². The van der Waals surface area contributed by atoms with E-state index in [2.05, 4.69) is 10.3 Å². The number of hydrogen-bond acceptors (Lipinski definition) is 3. The normalized spacial score (nSPS) is 17.1. The lowest BCUT2D eigenvalue weighted by atomic mass is 10.1. The van der Waals surface area contributed by atoms with Gasteiger partial charge in [-0.3, -0.25) is 14.6 Å². The molecule has 0 spiro atoms. The highest BCUT2D eigenvalue weighted by Crippen LogP contribution is 2.15. The van der Waals surface area contributed by atoms with E-state index in [1.54, 1.807) is 29.3 Å². The molecule has 1 aliphatic rings. The van der Waals surface area contributed by atoms with Crippen LogP contribution < -0.4 is 5.32 Å². The zero-order valence-electron chi connectivity index (χ0n) is 13.1. The molecule has 6 heteroatoms. The van der Waals surface area contributed by atoms with Gasteiger partial charge in [-0.15, -0.1) is 0 Å². The minimum Gasteiger partial charge on any atom is -0.346 e. The van der Waals surface area contributed by atoms with Gasteiger partial charge in [0.1, 0.15) is 5.69 Å². The first kappa shape index (κ1) is 16.5. The molecule has 0 bridgehead atoms. The average molecular weight is 344 g/mol. The number of carbonyl (C=O) groups is 2. The third-order valence-corrected chi connectivity index (χ3v) is 4.24. The van der Waals surface area contributed by atoms with E-state index >= 15 is 0 Å². The van der Waals surface area contributed by atoms with E-state index < -0.39 is 0 Å². The van der Waals surface area contributed by atoms with Gasteiger partial charge in [0.05, 0.1) is 6.04 Å². The molecule has 1 aliphatic heterocycles. The molecule has 1 saturated heterocycles. The van der Waals surface area contributed by atoms with Gasteiger partial charge in [-0.25, -0.2) is 0 Å². The fraction of sp³-hybridized carbons (Fsp3) is 0.278. The van der Waals surface area contributed by atoms with Gasteiger partial charge in [0.25, 0.3) is 5.91 Å². The minimum absolute atomic E-state index is 0.0587. The summed E-state index contributed by atoms with van der Waals surface area (Å²) in [6, 6.07) is 12.6. The lowest BCUT2D eigenvalue weighted by Gasteiger charge is -2.17. The van der Waals surface area contributed by atoms with Gasteiger partial charge in [-0.1, -0.05) is 29.8 Å². The number of likely N-dealkylation sites (tertiary alicyclic amines) is 1. The average Bonchev–Trinajstić information content (AvgIpc) is 2.93. The number of aromatic nitrogens is 1. The van der Waals surface area contributed by atoms with Crippen LogP contribution in [0.4, 0.5) is 0 Å². The van der Waals surface area contributed by atoms with Gasteiger partial charge in [0.15, 0.2) is 0 Å². The number of pyridine rings is 1.